The van der Waals surface area contributed by atoms with Crippen LogP contribution in [0.25, 0.3) is 5.57 Å². The van der Waals surface area contributed by atoms with E-state index >= 15 is 0 Å². The third-order valence-electron chi connectivity index (χ3n) is 5.28. The number of nitrogens with zero attached hydrogens (tertiary/aromatic N) is 3. The lowest BCUT2D eigenvalue weighted by Gasteiger charge is -2.26. The van der Waals surface area contributed by atoms with Gasteiger partial charge in [-0.3, -0.25) is 15.0 Å². The van der Waals surface area contributed by atoms with Crippen molar-refractivity contribution in [1.82, 2.24) is 10.3 Å². The molecule has 1 aliphatic rings. The first-order chi connectivity index (χ1) is 13.7. The van der Waals surface area contributed by atoms with Gasteiger partial charge in [0.15, 0.2) is 6.35 Å². The maximum atomic E-state index is 12.8. The van der Waals surface area contributed by atoms with Gasteiger partial charge in [0.2, 0.25) is 5.88 Å². The molecule has 3 rings (SSSR count). The fourth-order valence-corrected chi connectivity index (χ4v) is 3.16. The van der Waals surface area contributed by atoms with E-state index in [0.29, 0.717) is 28.4 Å². The fourth-order valence-electron chi connectivity index (χ4n) is 3.16. The van der Waals surface area contributed by atoms with Gasteiger partial charge < -0.3 is 9.84 Å². The number of hydrogen-bond donors (Lipinski definition) is 2. The largest absolute Gasteiger partial charge is 0.439 e. The smallest absolute Gasteiger partial charge is 0.250 e. The van der Waals surface area contributed by atoms with Gasteiger partial charge in [-0.1, -0.05) is 20.4 Å². The molecule has 0 saturated carbocycles. The van der Waals surface area contributed by atoms with E-state index in [2.05, 4.69) is 22.9 Å². The van der Waals surface area contributed by atoms with Gasteiger partial charge in [0, 0.05) is 6.07 Å². The molecule has 1 unspecified atom stereocenters. The second kappa shape index (κ2) is 7.66. The number of amides is 1. The molecule has 1 saturated heterocycles. The number of ether oxygens (including phenoxy) is 1. The zero-order valence-corrected chi connectivity index (χ0v) is 16.9. The summed E-state index contributed by atoms with van der Waals surface area (Å²) in [6.45, 7) is 11.3. The zero-order chi connectivity index (χ0) is 21.3. The minimum Gasteiger partial charge on any atom is -0.439 e. The minimum atomic E-state index is -1.12. The zero-order valence-electron chi connectivity index (χ0n) is 16.9. The van der Waals surface area contributed by atoms with Crippen molar-refractivity contribution in [2.75, 3.05) is 4.90 Å². The van der Waals surface area contributed by atoms with Gasteiger partial charge in [-0.25, -0.2) is 4.98 Å². The first-order valence-corrected chi connectivity index (χ1v) is 9.30. The number of benzene rings is 1. The van der Waals surface area contributed by atoms with E-state index in [0.717, 1.165) is 5.57 Å². The lowest BCUT2D eigenvalue weighted by atomic mass is 9.88. The lowest BCUT2D eigenvalue weighted by Crippen LogP contribution is -2.49. The number of aliphatic hydroxyl groups is 1. The van der Waals surface area contributed by atoms with Crippen molar-refractivity contribution < 1.29 is 14.6 Å². The molecule has 0 spiro atoms. The van der Waals surface area contributed by atoms with Crippen LogP contribution in [0, 0.1) is 17.2 Å². The third-order valence-corrected chi connectivity index (χ3v) is 5.28. The van der Waals surface area contributed by atoms with Crippen LogP contribution in [-0.2, 0) is 4.79 Å². The van der Waals surface area contributed by atoms with Crippen molar-refractivity contribution in [3.63, 3.8) is 0 Å². The normalized spacial score (nSPS) is 21.3. The summed E-state index contributed by atoms with van der Waals surface area (Å²) >= 11 is 0. The number of aromatic nitrogens is 1. The second-order valence-electron chi connectivity index (χ2n) is 7.61. The molecule has 1 aromatic heterocycles. The first-order valence-electron chi connectivity index (χ1n) is 9.30. The van der Waals surface area contributed by atoms with E-state index in [4.69, 9.17) is 4.74 Å². The summed E-state index contributed by atoms with van der Waals surface area (Å²) in [6, 6.07) is 10.5. The van der Waals surface area contributed by atoms with Gasteiger partial charge in [0.05, 0.1) is 23.5 Å². The SMILES string of the molecule is C=C(C)c1cc(Oc2ccc(N3C(=O)[C@@](C)(C(C)C)NC3O)cn2)ccc1C#N. The van der Waals surface area contributed by atoms with E-state index in [1.165, 1.54) is 11.1 Å². The number of carbonyl (C=O) groups excluding carboxylic acids is 1. The monoisotopic (exact) mass is 392 g/mol. The van der Waals surface area contributed by atoms with Crippen LogP contribution in [0.5, 0.6) is 11.6 Å². The summed E-state index contributed by atoms with van der Waals surface area (Å²) in [5, 5.41) is 22.5. The number of carbonyl (C=O) groups is 1. The van der Waals surface area contributed by atoms with E-state index in [9.17, 15) is 15.2 Å². The Morgan fingerprint density at radius 2 is 2.14 bits per heavy atom. The number of rotatable bonds is 5. The standard InChI is InChI=1S/C22H24N4O3/c1-13(2)18-10-17(8-6-15(18)11-23)29-19-9-7-16(12-24-19)26-20(27)22(5,14(3)4)25-21(26)28/h6-10,12,14,21,25,28H,1H2,2-5H3/t21?,22-/m1/s1. The summed E-state index contributed by atoms with van der Waals surface area (Å²) in [7, 11) is 0. The summed E-state index contributed by atoms with van der Waals surface area (Å²) in [5.41, 5.74) is 1.62. The topological polar surface area (TPSA) is 98.5 Å². The number of aliphatic hydroxyl groups excluding tert-OH is 1. The Labute approximate surface area is 170 Å². The molecule has 150 valence electrons. The van der Waals surface area contributed by atoms with Crippen molar-refractivity contribution in [3.05, 3.63) is 54.2 Å². The molecule has 1 fully saturated rings. The average molecular weight is 392 g/mol. The van der Waals surface area contributed by atoms with E-state index in [-0.39, 0.29) is 11.8 Å². The lowest BCUT2D eigenvalue weighted by molar-refractivity contribution is -0.123. The molecular weight excluding hydrogens is 368 g/mol. The van der Waals surface area contributed by atoms with Crippen molar-refractivity contribution >= 4 is 17.2 Å². The van der Waals surface area contributed by atoms with Gasteiger partial charge in [-0.2, -0.15) is 5.26 Å². The number of anilines is 1. The maximum Gasteiger partial charge on any atom is 0.250 e. The Morgan fingerprint density at radius 3 is 2.66 bits per heavy atom. The van der Waals surface area contributed by atoms with E-state index < -0.39 is 11.9 Å². The molecule has 1 aromatic carbocycles. The molecule has 1 amide bonds. The molecule has 0 radical (unpaired) electrons. The minimum absolute atomic E-state index is 0.00381. The van der Waals surface area contributed by atoms with E-state index in [1.807, 2.05) is 20.8 Å². The van der Waals surface area contributed by atoms with Gasteiger partial charge in [0.25, 0.3) is 5.91 Å². The molecule has 7 nitrogen and oxygen atoms in total. The number of pyridine rings is 1. The van der Waals surface area contributed by atoms with Crippen LogP contribution in [0.1, 0.15) is 38.8 Å². The highest BCUT2D eigenvalue weighted by Crippen LogP contribution is 2.32. The number of hydrogen-bond acceptors (Lipinski definition) is 6. The predicted octanol–water partition coefficient (Wildman–Crippen LogP) is 3.41. The summed E-state index contributed by atoms with van der Waals surface area (Å²) < 4.78 is 5.78. The van der Waals surface area contributed by atoms with Crippen molar-refractivity contribution in [2.24, 2.45) is 5.92 Å². The Balaban J connectivity index is 1.81. The average Bonchev–Trinajstić information content (AvgIpc) is 2.92. The third kappa shape index (κ3) is 3.73. The summed E-state index contributed by atoms with van der Waals surface area (Å²) in [5.74, 6) is 0.637. The highest BCUT2D eigenvalue weighted by atomic mass is 16.5. The Morgan fingerprint density at radius 1 is 1.41 bits per heavy atom. The van der Waals surface area contributed by atoms with Crippen LogP contribution in [0.3, 0.4) is 0 Å². The number of nitriles is 1. The quantitative estimate of drug-likeness (QED) is 0.809. The molecule has 29 heavy (non-hydrogen) atoms. The first kappa shape index (κ1) is 20.5. The highest BCUT2D eigenvalue weighted by molar-refractivity contribution is 6.02. The Kier molecular flexibility index (Phi) is 5.42. The second-order valence-corrected chi connectivity index (χ2v) is 7.61. The molecule has 2 N–H and O–H groups in total. The molecule has 1 aliphatic heterocycles. The summed E-state index contributed by atoms with van der Waals surface area (Å²) in [6.07, 6.45) is 0.355. The molecule has 0 bridgehead atoms. The van der Waals surface area contributed by atoms with Crippen molar-refractivity contribution in [3.8, 4) is 17.7 Å². The molecule has 2 heterocycles. The molecule has 0 aliphatic carbocycles. The van der Waals surface area contributed by atoms with Crippen molar-refractivity contribution in [2.45, 2.75) is 39.6 Å². The van der Waals surface area contributed by atoms with Crippen LogP contribution in [0.15, 0.2) is 43.1 Å². The Hall–Kier alpha value is -3.21. The molecule has 2 atom stereocenters. The number of allylic oxidation sites excluding steroid dienone is 1. The molecule has 2 aromatic rings. The Bertz CT molecular complexity index is 994. The van der Waals surface area contributed by atoms with Crippen LogP contribution >= 0.6 is 0 Å². The molecular formula is C22H24N4O3. The van der Waals surface area contributed by atoms with Gasteiger partial charge in [0.1, 0.15) is 11.3 Å². The fraction of sp³-hybridized carbons (Fsp3) is 0.318. The number of nitrogens with one attached hydrogen (secondary N) is 1. The van der Waals surface area contributed by atoms with Crippen LogP contribution < -0.4 is 15.0 Å². The highest BCUT2D eigenvalue weighted by Gasteiger charge is 2.50. The van der Waals surface area contributed by atoms with Gasteiger partial charge in [-0.15, -0.1) is 0 Å². The molecule has 7 heteroatoms. The van der Waals surface area contributed by atoms with Gasteiger partial charge in [-0.05, 0) is 55.2 Å². The van der Waals surface area contributed by atoms with Gasteiger partial charge >= 0.3 is 0 Å². The summed E-state index contributed by atoms with van der Waals surface area (Å²) in [4.78, 5) is 18.4. The van der Waals surface area contributed by atoms with E-state index in [1.54, 1.807) is 37.3 Å². The maximum absolute atomic E-state index is 12.8. The van der Waals surface area contributed by atoms with Crippen molar-refractivity contribution in [1.29, 1.82) is 5.26 Å². The van der Waals surface area contributed by atoms with Crippen LogP contribution in [0.2, 0.25) is 0 Å². The van der Waals surface area contributed by atoms with Crippen LogP contribution in [-0.4, -0.2) is 27.9 Å². The van der Waals surface area contributed by atoms with Crippen LogP contribution in [0.4, 0.5) is 5.69 Å². The predicted molar refractivity (Wildman–Crippen MR) is 110 cm³/mol.